The van der Waals surface area contributed by atoms with Gasteiger partial charge in [0.05, 0.1) is 33.9 Å². The Morgan fingerprint density at radius 1 is 0.947 bits per heavy atom. The van der Waals surface area contributed by atoms with Crippen LogP contribution in [0.25, 0.3) is 0 Å². The lowest BCUT2D eigenvalue weighted by Crippen LogP contribution is -2.56. The molecule has 0 unspecified atom stereocenters. The first-order valence-corrected chi connectivity index (χ1v) is 12.4. The van der Waals surface area contributed by atoms with E-state index in [-0.39, 0.29) is 19.8 Å². The maximum absolute atomic E-state index is 13.1. The van der Waals surface area contributed by atoms with Crippen LogP contribution in [0.2, 0.25) is 0 Å². The number of carbonyl (C=O) groups is 4. The lowest BCUT2D eigenvalue weighted by Gasteiger charge is -2.25. The van der Waals surface area contributed by atoms with E-state index in [2.05, 4.69) is 16.0 Å². The minimum absolute atomic E-state index is 0.0820. The van der Waals surface area contributed by atoms with Crippen molar-refractivity contribution in [1.82, 2.24) is 16.0 Å². The molecular formula is C26H41N3O9. The second-order valence-electron chi connectivity index (χ2n) is 9.36. The SMILES string of the molecule is CCCCOC(=O)C[C@H](NC(=O)OC(C)(C)C)C(=O)N[C@@H](COC)C(=O)NCc1cccc(OC)c1OC. The number of hydrogen-bond acceptors (Lipinski definition) is 9. The van der Waals surface area contributed by atoms with Gasteiger partial charge in [-0.05, 0) is 33.3 Å². The van der Waals surface area contributed by atoms with Gasteiger partial charge in [-0.25, -0.2) is 4.79 Å². The van der Waals surface area contributed by atoms with E-state index < -0.39 is 48.0 Å². The highest BCUT2D eigenvalue weighted by Gasteiger charge is 2.30. The number of alkyl carbamates (subject to hydrolysis) is 1. The Morgan fingerprint density at radius 2 is 1.66 bits per heavy atom. The maximum Gasteiger partial charge on any atom is 0.408 e. The molecule has 0 saturated heterocycles. The van der Waals surface area contributed by atoms with Crippen LogP contribution in [-0.2, 0) is 35.1 Å². The van der Waals surface area contributed by atoms with Gasteiger partial charge in [0, 0.05) is 19.2 Å². The Bertz CT molecular complexity index is 931. The van der Waals surface area contributed by atoms with Crippen LogP contribution in [0.5, 0.6) is 11.5 Å². The molecular weight excluding hydrogens is 498 g/mol. The lowest BCUT2D eigenvalue weighted by molar-refractivity contribution is -0.146. The number of benzene rings is 1. The summed E-state index contributed by atoms with van der Waals surface area (Å²) in [6.45, 7) is 7.05. The van der Waals surface area contributed by atoms with E-state index >= 15 is 0 Å². The first-order chi connectivity index (χ1) is 17.9. The third-order valence-corrected chi connectivity index (χ3v) is 5.04. The van der Waals surface area contributed by atoms with Crippen LogP contribution in [-0.4, -0.2) is 76.1 Å². The molecule has 12 heteroatoms. The van der Waals surface area contributed by atoms with Gasteiger partial charge < -0.3 is 39.6 Å². The smallest absolute Gasteiger partial charge is 0.408 e. The predicted octanol–water partition coefficient (Wildman–Crippen LogP) is 2.08. The summed E-state index contributed by atoms with van der Waals surface area (Å²) >= 11 is 0. The average Bonchev–Trinajstić information content (AvgIpc) is 2.85. The van der Waals surface area contributed by atoms with E-state index in [4.69, 9.17) is 23.7 Å². The molecule has 0 heterocycles. The number of hydrogen-bond donors (Lipinski definition) is 3. The number of unbranched alkanes of at least 4 members (excludes halogenated alkanes) is 1. The molecule has 0 radical (unpaired) electrons. The molecule has 0 fully saturated rings. The van der Waals surface area contributed by atoms with Crippen LogP contribution in [0.1, 0.15) is 52.5 Å². The number of nitrogens with one attached hydrogen (secondary N) is 3. The van der Waals surface area contributed by atoms with Crippen LogP contribution < -0.4 is 25.4 Å². The topological polar surface area (TPSA) is 151 Å². The Kier molecular flexibility index (Phi) is 14.0. The van der Waals surface area contributed by atoms with E-state index in [0.717, 1.165) is 6.42 Å². The average molecular weight is 540 g/mol. The van der Waals surface area contributed by atoms with Crippen molar-refractivity contribution in [2.75, 3.05) is 34.5 Å². The third-order valence-electron chi connectivity index (χ3n) is 5.04. The van der Waals surface area contributed by atoms with Crippen LogP contribution in [0.4, 0.5) is 4.79 Å². The predicted molar refractivity (Wildman–Crippen MR) is 139 cm³/mol. The Hall–Kier alpha value is -3.54. The van der Waals surface area contributed by atoms with Crippen molar-refractivity contribution in [2.24, 2.45) is 0 Å². The number of ether oxygens (including phenoxy) is 5. The summed E-state index contributed by atoms with van der Waals surface area (Å²) in [6, 6.07) is 2.77. The quantitative estimate of drug-likeness (QED) is 0.225. The first kappa shape index (κ1) is 32.5. The molecule has 3 amide bonds. The summed E-state index contributed by atoms with van der Waals surface area (Å²) in [7, 11) is 4.37. The molecule has 0 saturated carbocycles. The van der Waals surface area contributed by atoms with Gasteiger partial charge in [-0.3, -0.25) is 14.4 Å². The van der Waals surface area contributed by atoms with Gasteiger partial charge in [-0.1, -0.05) is 25.5 Å². The van der Waals surface area contributed by atoms with Crippen molar-refractivity contribution in [1.29, 1.82) is 0 Å². The summed E-state index contributed by atoms with van der Waals surface area (Å²) in [4.78, 5) is 50.7. The zero-order valence-corrected chi connectivity index (χ0v) is 23.3. The highest BCUT2D eigenvalue weighted by Crippen LogP contribution is 2.30. The molecule has 1 rings (SSSR count). The lowest BCUT2D eigenvalue weighted by atomic mass is 10.1. The van der Waals surface area contributed by atoms with Gasteiger partial charge in [-0.15, -0.1) is 0 Å². The maximum atomic E-state index is 13.1. The summed E-state index contributed by atoms with van der Waals surface area (Å²) in [5, 5.41) is 7.65. The Labute approximate surface area is 224 Å². The minimum Gasteiger partial charge on any atom is -0.493 e. The van der Waals surface area contributed by atoms with E-state index in [1.54, 1.807) is 39.0 Å². The number of para-hydroxylation sites is 1. The fourth-order valence-corrected chi connectivity index (χ4v) is 3.24. The fraction of sp³-hybridized carbons (Fsp3) is 0.615. The molecule has 214 valence electrons. The van der Waals surface area contributed by atoms with E-state index in [9.17, 15) is 19.2 Å². The molecule has 0 spiro atoms. The van der Waals surface area contributed by atoms with Gasteiger partial charge in [0.15, 0.2) is 11.5 Å². The van der Waals surface area contributed by atoms with E-state index in [1.807, 2.05) is 6.92 Å². The number of rotatable bonds is 15. The monoisotopic (exact) mass is 539 g/mol. The molecule has 0 aliphatic rings. The zero-order valence-electron chi connectivity index (χ0n) is 23.3. The molecule has 38 heavy (non-hydrogen) atoms. The third kappa shape index (κ3) is 11.7. The molecule has 0 aromatic heterocycles. The normalized spacial score (nSPS) is 12.5. The fourth-order valence-electron chi connectivity index (χ4n) is 3.24. The summed E-state index contributed by atoms with van der Waals surface area (Å²) < 4.78 is 26.1. The Morgan fingerprint density at radius 3 is 2.24 bits per heavy atom. The van der Waals surface area contributed by atoms with Gasteiger partial charge in [0.1, 0.15) is 17.7 Å². The second kappa shape index (κ2) is 16.3. The van der Waals surface area contributed by atoms with Crippen molar-refractivity contribution < 1.29 is 42.9 Å². The van der Waals surface area contributed by atoms with Crippen molar-refractivity contribution in [2.45, 2.75) is 71.2 Å². The highest BCUT2D eigenvalue weighted by atomic mass is 16.6. The van der Waals surface area contributed by atoms with Crippen molar-refractivity contribution in [3.8, 4) is 11.5 Å². The van der Waals surface area contributed by atoms with Gasteiger partial charge in [0.2, 0.25) is 11.8 Å². The number of carbonyl (C=O) groups excluding carboxylic acids is 4. The zero-order chi connectivity index (χ0) is 28.7. The molecule has 12 nitrogen and oxygen atoms in total. The standard InChI is InChI=1S/C26H41N3O9/c1-8-9-13-37-21(30)14-18(29-25(33)38-26(2,3)4)24(32)28-19(16-34-5)23(31)27-15-17-11-10-12-20(35-6)22(17)36-7/h10-12,18-19H,8-9,13-16H2,1-7H3,(H,27,31)(H,28,32)(H,29,33)/t18-,19-/m0/s1. The van der Waals surface area contributed by atoms with Crippen LogP contribution in [0, 0.1) is 0 Å². The highest BCUT2D eigenvalue weighted by molar-refractivity contribution is 5.93. The van der Waals surface area contributed by atoms with E-state index in [0.29, 0.717) is 23.5 Å². The van der Waals surface area contributed by atoms with Crippen molar-refractivity contribution >= 4 is 23.9 Å². The van der Waals surface area contributed by atoms with Crippen LogP contribution >= 0.6 is 0 Å². The summed E-state index contributed by atoms with van der Waals surface area (Å²) in [5.74, 6) is -1.03. The Balaban J connectivity index is 2.97. The largest absolute Gasteiger partial charge is 0.493 e. The number of methoxy groups -OCH3 is 3. The second-order valence-corrected chi connectivity index (χ2v) is 9.36. The molecule has 3 N–H and O–H groups in total. The van der Waals surface area contributed by atoms with Crippen molar-refractivity contribution in [3.63, 3.8) is 0 Å². The summed E-state index contributed by atoms with van der Waals surface area (Å²) in [5.41, 5.74) is -0.172. The molecule has 0 bridgehead atoms. The minimum atomic E-state index is -1.34. The molecule has 1 aromatic carbocycles. The van der Waals surface area contributed by atoms with Crippen LogP contribution in [0.15, 0.2) is 18.2 Å². The van der Waals surface area contributed by atoms with Crippen molar-refractivity contribution in [3.05, 3.63) is 23.8 Å². The van der Waals surface area contributed by atoms with E-state index in [1.165, 1.54) is 21.3 Å². The molecule has 1 aromatic rings. The molecule has 0 aliphatic heterocycles. The van der Waals surface area contributed by atoms with Gasteiger partial charge in [0.25, 0.3) is 0 Å². The van der Waals surface area contributed by atoms with Gasteiger partial charge in [-0.2, -0.15) is 0 Å². The number of esters is 1. The van der Waals surface area contributed by atoms with Gasteiger partial charge >= 0.3 is 12.1 Å². The van der Waals surface area contributed by atoms with Crippen LogP contribution in [0.3, 0.4) is 0 Å². The molecule has 0 aliphatic carbocycles. The summed E-state index contributed by atoms with van der Waals surface area (Å²) in [6.07, 6.45) is 0.146. The number of amides is 3. The molecule has 2 atom stereocenters. The first-order valence-electron chi connectivity index (χ1n) is 12.4.